The first kappa shape index (κ1) is 17.5. The zero-order chi connectivity index (χ0) is 19.1. The van der Waals surface area contributed by atoms with Crippen molar-refractivity contribution in [3.05, 3.63) is 75.9 Å². The van der Waals surface area contributed by atoms with Crippen LogP contribution in [-0.4, -0.2) is 25.7 Å². The third-order valence-electron chi connectivity index (χ3n) is 4.25. The van der Waals surface area contributed by atoms with Crippen molar-refractivity contribution in [2.75, 3.05) is 0 Å². The number of carboxylic acid groups (broad SMARTS) is 1. The first-order chi connectivity index (χ1) is 13.0. The molecule has 0 fully saturated rings. The van der Waals surface area contributed by atoms with Gasteiger partial charge in [-0.05, 0) is 25.1 Å². The van der Waals surface area contributed by atoms with E-state index in [-0.39, 0.29) is 5.56 Å². The van der Waals surface area contributed by atoms with Crippen molar-refractivity contribution in [1.29, 1.82) is 0 Å². The normalized spacial score (nSPS) is 11.1. The largest absolute Gasteiger partial charge is 0.478 e. The van der Waals surface area contributed by atoms with Gasteiger partial charge in [-0.25, -0.2) is 14.3 Å². The van der Waals surface area contributed by atoms with Crippen molar-refractivity contribution < 1.29 is 9.90 Å². The number of fused-ring (bicyclic) bond motifs is 1. The monoisotopic (exact) mass is 397 g/mol. The smallest absolute Gasteiger partial charge is 0.339 e. The highest BCUT2D eigenvalue weighted by Crippen LogP contribution is 2.34. The van der Waals surface area contributed by atoms with Gasteiger partial charge in [0.25, 0.3) is 0 Å². The van der Waals surface area contributed by atoms with Crippen molar-refractivity contribution in [3.63, 3.8) is 0 Å². The number of rotatable bonds is 3. The SMILES string of the molecule is Cc1nc2cc(-c3ccccc3)nn2c(-c2ccc(Cl)cc2Cl)c1C(=O)O. The molecule has 0 atom stereocenters. The van der Waals surface area contributed by atoms with Crippen LogP contribution in [0.4, 0.5) is 0 Å². The van der Waals surface area contributed by atoms with E-state index in [4.69, 9.17) is 23.2 Å². The van der Waals surface area contributed by atoms with Gasteiger partial charge in [-0.3, -0.25) is 0 Å². The molecule has 0 saturated heterocycles. The van der Waals surface area contributed by atoms with E-state index in [1.807, 2.05) is 36.4 Å². The summed E-state index contributed by atoms with van der Waals surface area (Å²) in [5, 5.41) is 15.2. The van der Waals surface area contributed by atoms with Crippen molar-refractivity contribution in [2.45, 2.75) is 6.92 Å². The Morgan fingerprint density at radius 2 is 1.81 bits per heavy atom. The fraction of sp³-hybridized carbons (Fsp3) is 0.0500. The van der Waals surface area contributed by atoms with Gasteiger partial charge in [0.2, 0.25) is 0 Å². The fourth-order valence-corrected chi connectivity index (χ4v) is 3.55. The van der Waals surface area contributed by atoms with E-state index in [1.165, 1.54) is 4.52 Å². The number of benzene rings is 2. The van der Waals surface area contributed by atoms with Crippen molar-refractivity contribution >= 4 is 34.8 Å². The summed E-state index contributed by atoms with van der Waals surface area (Å²) in [4.78, 5) is 16.4. The molecule has 2 aromatic carbocycles. The number of aryl methyl sites for hydroxylation is 1. The van der Waals surface area contributed by atoms with Gasteiger partial charge in [0.05, 0.1) is 22.1 Å². The molecule has 0 aliphatic rings. The maximum absolute atomic E-state index is 12.0. The van der Waals surface area contributed by atoms with Crippen molar-refractivity contribution in [2.24, 2.45) is 0 Å². The van der Waals surface area contributed by atoms with Crippen molar-refractivity contribution in [1.82, 2.24) is 14.6 Å². The highest BCUT2D eigenvalue weighted by atomic mass is 35.5. The number of carbonyl (C=O) groups is 1. The van der Waals surface area contributed by atoms with Crippen LogP contribution in [0, 0.1) is 6.92 Å². The quantitative estimate of drug-likeness (QED) is 0.503. The van der Waals surface area contributed by atoms with Gasteiger partial charge in [-0.15, -0.1) is 0 Å². The molecule has 4 rings (SSSR count). The maximum atomic E-state index is 12.0. The molecule has 0 amide bonds. The summed E-state index contributed by atoms with van der Waals surface area (Å²) >= 11 is 12.4. The van der Waals surface area contributed by atoms with Gasteiger partial charge >= 0.3 is 5.97 Å². The average Bonchev–Trinajstić information content (AvgIpc) is 3.05. The van der Waals surface area contributed by atoms with Gasteiger partial charge in [0, 0.05) is 22.2 Å². The van der Waals surface area contributed by atoms with E-state index >= 15 is 0 Å². The summed E-state index contributed by atoms with van der Waals surface area (Å²) in [5.41, 5.74) is 3.47. The summed E-state index contributed by atoms with van der Waals surface area (Å²) in [7, 11) is 0. The lowest BCUT2D eigenvalue weighted by Crippen LogP contribution is -2.10. The summed E-state index contributed by atoms with van der Waals surface area (Å²) in [6, 6.07) is 16.4. The Morgan fingerprint density at radius 3 is 2.48 bits per heavy atom. The van der Waals surface area contributed by atoms with Crippen LogP contribution in [-0.2, 0) is 0 Å². The number of aromatic carboxylic acids is 1. The first-order valence-corrected chi connectivity index (χ1v) is 8.86. The van der Waals surface area contributed by atoms with Crippen LogP contribution in [0.5, 0.6) is 0 Å². The molecular formula is C20H13Cl2N3O2. The Bertz CT molecular complexity index is 1190. The molecule has 4 aromatic rings. The topological polar surface area (TPSA) is 67.5 Å². The second kappa shape index (κ2) is 6.68. The van der Waals surface area contributed by atoms with Gasteiger partial charge in [0.1, 0.15) is 5.56 Å². The number of carboxylic acids is 1. The average molecular weight is 398 g/mol. The molecule has 0 radical (unpaired) electrons. The Balaban J connectivity index is 2.09. The second-order valence-electron chi connectivity index (χ2n) is 6.02. The van der Waals surface area contributed by atoms with E-state index in [2.05, 4.69) is 10.1 Å². The maximum Gasteiger partial charge on any atom is 0.339 e. The lowest BCUT2D eigenvalue weighted by Gasteiger charge is -2.12. The van der Waals surface area contributed by atoms with Crippen molar-refractivity contribution in [3.8, 4) is 22.5 Å². The van der Waals surface area contributed by atoms with E-state index < -0.39 is 5.97 Å². The third-order valence-corrected chi connectivity index (χ3v) is 4.80. The number of hydrogen-bond acceptors (Lipinski definition) is 3. The molecule has 0 aliphatic heterocycles. The molecular weight excluding hydrogens is 385 g/mol. The van der Waals surface area contributed by atoms with E-state index in [9.17, 15) is 9.90 Å². The molecule has 1 N–H and O–H groups in total. The lowest BCUT2D eigenvalue weighted by molar-refractivity contribution is 0.0696. The molecule has 0 unspecified atom stereocenters. The summed E-state index contributed by atoms with van der Waals surface area (Å²) < 4.78 is 1.52. The van der Waals surface area contributed by atoms with Crippen LogP contribution in [0.3, 0.4) is 0 Å². The number of aromatic nitrogens is 3. The predicted octanol–water partition coefficient (Wildman–Crippen LogP) is 5.38. The van der Waals surface area contributed by atoms with Gasteiger partial charge < -0.3 is 5.11 Å². The molecule has 0 aliphatic carbocycles. The van der Waals surface area contributed by atoms with Crippen LogP contribution in [0.25, 0.3) is 28.2 Å². The van der Waals surface area contributed by atoms with Crippen LogP contribution in [0.1, 0.15) is 16.1 Å². The number of hydrogen-bond donors (Lipinski definition) is 1. The first-order valence-electron chi connectivity index (χ1n) is 8.10. The minimum Gasteiger partial charge on any atom is -0.478 e. The van der Waals surface area contributed by atoms with Gasteiger partial charge in [-0.1, -0.05) is 53.5 Å². The highest BCUT2D eigenvalue weighted by molar-refractivity contribution is 6.36. The van der Waals surface area contributed by atoms with Crippen LogP contribution >= 0.6 is 23.2 Å². The van der Waals surface area contributed by atoms with E-state index in [1.54, 1.807) is 25.1 Å². The summed E-state index contributed by atoms with van der Waals surface area (Å²) in [5.74, 6) is -1.10. The Hall–Kier alpha value is -2.89. The van der Waals surface area contributed by atoms with Crippen LogP contribution < -0.4 is 0 Å². The molecule has 134 valence electrons. The highest BCUT2D eigenvalue weighted by Gasteiger charge is 2.23. The van der Waals surface area contributed by atoms with Gasteiger partial charge in [-0.2, -0.15) is 5.10 Å². The second-order valence-corrected chi connectivity index (χ2v) is 6.86. The minimum absolute atomic E-state index is 0.0504. The zero-order valence-corrected chi connectivity index (χ0v) is 15.7. The predicted molar refractivity (Wildman–Crippen MR) is 106 cm³/mol. The molecule has 27 heavy (non-hydrogen) atoms. The zero-order valence-electron chi connectivity index (χ0n) is 14.1. The minimum atomic E-state index is -1.10. The molecule has 0 saturated carbocycles. The standard InChI is InChI=1S/C20H13Cl2N3O2/c1-11-18(20(26)27)19(14-8-7-13(21)9-15(14)22)25-17(23-11)10-16(24-25)12-5-3-2-4-6-12/h2-10H,1H3,(H,26,27). The van der Waals surface area contributed by atoms with E-state index in [0.29, 0.717) is 38.3 Å². The molecule has 7 heteroatoms. The summed E-state index contributed by atoms with van der Waals surface area (Å²) in [6.07, 6.45) is 0. The molecule has 0 spiro atoms. The molecule has 0 bridgehead atoms. The molecule has 2 heterocycles. The summed E-state index contributed by atoms with van der Waals surface area (Å²) in [6.45, 7) is 1.66. The Morgan fingerprint density at radius 1 is 1.07 bits per heavy atom. The van der Waals surface area contributed by atoms with Gasteiger partial charge in [0.15, 0.2) is 5.65 Å². The molecule has 5 nitrogen and oxygen atoms in total. The number of nitrogens with zero attached hydrogens (tertiary/aromatic N) is 3. The van der Waals surface area contributed by atoms with Crippen LogP contribution in [0.15, 0.2) is 54.6 Å². The Labute approximate surface area is 164 Å². The fourth-order valence-electron chi connectivity index (χ4n) is 3.06. The third kappa shape index (κ3) is 3.05. The number of halogens is 2. The molecule has 2 aromatic heterocycles. The Kier molecular flexibility index (Phi) is 4.34. The van der Waals surface area contributed by atoms with E-state index in [0.717, 1.165) is 5.56 Å². The van der Waals surface area contributed by atoms with Crippen LogP contribution in [0.2, 0.25) is 10.0 Å². The lowest BCUT2D eigenvalue weighted by atomic mass is 10.0.